The van der Waals surface area contributed by atoms with E-state index in [9.17, 15) is 9.18 Å². The van der Waals surface area contributed by atoms with Crippen molar-refractivity contribution >= 4 is 38.4 Å². The van der Waals surface area contributed by atoms with Gasteiger partial charge in [0.1, 0.15) is 5.82 Å². The lowest BCUT2D eigenvalue weighted by Crippen LogP contribution is -2.20. The lowest BCUT2D eigenvalue weighted by molar-refractivity contribution is 0.262. The zero-order valence-electron chi connectivity index (χ0n) is 12.1. The van der Waals surface area contributed by atoms with Gasteiger partial charge in [-0.1, -0.05) is 29.5 Å². The second-order valence-corrected chi connectivity index (χ2v) is 6.01. The molecule has 0 aliphatic heterocycles. The number of aromatic nitrogens is 1. The fourth-order valence-corrected chi connectivity index (χ4v) is 3.09. The van der Waals surface area contributed by atoms with Crippen LogP contribution in [-0.2, 0) is 0 Å². The van der Waals surface area contributed by atoms with Crippen molar-refractivity contribution in [3.63, 3.8) is 0 Å². The molecule has 2 amide bonds. The number of carbonyl (C=O) groups is 1. The maximum atomic E-state index is 13.2. The number of benzene rings is 2. The zero-order valence-corrected chi connectivity index (χ0v) is 12.9. The van der Waals surface area contributed by atoms with Crippen LogP contribution in [0.3, 0.4) is 0 Å². The Balaban J connectivity index is 1.78. The second kappa shape index (κ2) is 5.73. The Kier molecular flexibility index (Phi) is 3.77. The van der Waals surface area contributed by atoms with E-state index in [-0.39, 0.29) is 11.8 Å². The molecule has 0 atom stereocenters. The number of halogens is 1. The van der Waals surface area contributed by atoms with Crippen LogP contribution in [0, 0.1) is 19.7 Å². The summed E-state index contributed by atoms with van der Waals surface area (Å²) in [4.78, 5) is 16.4. The summed E-state index contributed by atoms with van der Waals surface area (Å²) in [6.45, 7) is 3.87. The number of fused-ring (bicyclic) bond motifs is 1. The number of aryl methyl sites for hydroxylation is 2. The average Bonchev–Trinajstić information content (AvgIpc) is 2.84. The number of urea groups is 1. The summed E-state index contributed by atoms with van der Waals surface area (Å²) in [7, 11) is 0. The van der Waals surface area contributed by atoms with E-state index in [1.165, 1.54) is 23.5 Å². The monoisotopic (exact) mass is 315 g/mol. The Morgan fingerprint density at radius 2 is 1.86 bits per heavy atom. The topological polar surface area (TPSA) is 54.0 Å². The molecule has 0 fully saturated rings. The summed E-state index contributed by atoms with van der Waals surface area (Å²) in [6, 6.07) is 9.79. The first-order valence-corrected chi connectivity index (χ1v) is 7.55. The van der Waals surface area contributed by atoms with Gasteiger partial charge in [0, 0.05) is 5.69 Å². The number of hydrogen-bond donors (Lipinski definition) is 2. The molecule has 4 nitrogen and oxygen atoms in total. The summed E-state index contributed by atoms with van der Waals surface area (Å²) < 4.78 is 13.9. The van der Waals surface area contributed by atoms with Crippen LogP contribution >= 0.6 is 11.3 Å². The van der Waals surface area contributed by atoms with Crippen molar-refractivity contribution in [3.05, 3.63) is 53.3 Å². The summed E-state index contributed by atoms with van der Waals surface area (Å²) in [5.74, 6) is -0.317. The third-order valence-corrected chi connectivity index (χ3v) is 4.22. The third-order valence-electron chi connectivity index (χ3n) is 3.29. The van der Waals surface area contributed by atoms with E-state index in [1.807, 2.05) is 32.0 Å². The van der Waals surface area contributed by atoms with Crippen LogP contribution < -0.4 is 10.6 Å². The van der Waals surface area contributed by atoms with Crippen LogP contribution in [-0.4, -0.2) is 11.0 Å². The standard InChI is InChI=1S/C16H14FN3OS/c1-9-4-3-5-10(2)14(9)19-15(21)20-16-18-12-7-6-11(17)8-13(12)22-16/h3-8H,1-2H3,(H2,18,19,20,21). The number of carbonyl (C=O) groups excluding carboxylic acids is 1. The van der Waals surface area contributed by atoms with Gasteiger partial charge in [-0.2, -0.15) is 0 Å². The van der Waals surface area contributed by atoms with E-state index in [1.54, 1.807) is 6.07 Å². The largest absolute Gasteiger partial charge is 0.325 e. The van der Waals surface area contributed by atoms with Crippen molar-refractivity contribution in [2.75, 3.05) is 10.6 Å². The molecule has 0 saturated carbocycles. The lowest BCUT2D eigenvalue weighted by Gasteiger charge is -2.11. The number of nitrogens with one attached hydrogen (secondary N) is 2. The molecule has 0 aliphatic rings. The summed E-state index contributed by atoms with van der Waals surface area (Å²) in [6.07, 6.45) is 0. The Morgan fingerprint density at radius 3 is 2.59 bits per heavy atom. The van der Waals surface area contributed by atoms with Gasteiger partial charge >= 0.3 is 6.03 Å². The summed E-state index contributed by atoms with van der Waals surface area (Å²) in [5, 5.41) is 5.95. The number of thiazole rings is 1. The lowest BCUT2D eigenvalue weighted by atomic mass is 10.1. The molecule has 22 heavy (non-hydrogen) atoms. The Hall–Kier alpha value is -2.47. The number of anilines is 2. The normalized spacial score (nSPS) is 10.7. The molecule has 0 unspecified atom stereocenters. The molecule has 6 heteroatoms. The third kappa shape index (κ3) is 2.92. The maximum absolute atomic E-state index is 13.2. The first kappa shape index (κ1) is 14.5. The van der Waals surface area contributed by atoms with E-state index in [2.05, 4.69) is 15.6 Å². The highest BCUT2D eigenvalue weighted by atomic mass is 32.1. The molecule has 2 aromatic carbocycles. The molecule has 3 aromatic rings. The predicted molar refractivity (Wildman–Crippen MR) is 88.1 cm³/mol. The first-order chi connectivity index (χ1) is 10.5. The van der Waals surface area contributed by atoms with E-state index in [0.29, 0.717) is 15.3 Å². The predicted octanol–water partition coefficient (Wildman–Crippen LogP) is 4.70. The number of hydrogen-bond acceptors (Lipinski definition) is 3. The van der Waals surface area contributed by atoms with Gasteiger partial charge < -0.3 is 5.32 Å². The highest BCUT2D eigenvalue weighted by molar-refractivity contribution is 7.22. The maximum Gasteiger partial charge on any atom is 0.325 e. The number of amides is 2. The van der Waals surface area contributed by atoms with Gasteiger partial charge in [-0.25, -0.2) is 14.2 Å². The van der Waals surface area contributed by atoms with Crippen molar-refractivity contribution in [3.8, 4) is 0 Å². The molecular weight excluding hydrogens is 301 g/mol. The van der Waals surface area contributed by atoms with E-state index >= 15 is 0 Å². The van der Waals surface area contributed by atoms with Gasteiger partial charge in [-0.3, -0.25) is 5.32 Å². The molecule has 3 rings (SSSR count). The molecule has 0 aliphatic carbocycles. The minimum atomic E-state index is -0.364. The van der Waals surface area contributed by atoms with Gasteiger partial charge in [0.05, 0.1) is 10.2 Å². The fourth-order valence-electron chi connectivity index (χ4n) is 2.21. The van der Waals surface area contributed by atoms with E-state index in [0.717, 1.165) is 16.8 Å². The van der Waals surface area contributed by atoms with Crippen LogP contribution in [0.2, 0.25) is 0 Å². The van der Waals surface area contributed by atoms with E-state index < -0.39 is 0 Å². The molecule has 2 N–H and O–H groups in total. The van der Waals surface area contributed by atoms with Crippen molar-refractivity contribution in [2.45, 2.75) is 13.8 Å². The number of rotatable bonds is 2. The van der Waals surface area contributed by atoms with Crippen LogP contribution in [0.4, 0.5) is 20.0 Å². The smallest absolute Gasteiger partial charge is 0.307 e. The van der Waals surface area contributed by atoms with Gasteiger partial charge in [-0.05, 0) is 43.2 Å². The summed E-state index contributed by atoms with van der Waals surface area (Å²) >= 11 is 1.24. The van der Waals surface area contributed by atoms with Crippen LogP contribution in [0.5, 0.6) is 0 Å². The first-order valence-electron chi connectivity index (χ1n) is 6.73. The minimum Gasteiger partial charge on any atom is -0.307 e. The van der Waals surface area contributed by atoms with Gasteiger partial charge in [0.2, 0.25) is 0 Å². The Morgan fingerprint density at radius 1 is 1.14 bits per heavy atom. The minimum absolute atomic E-state index is 0.317. The molecule has 0 bridgehead atoms. The molecule has 1 heterocycles. The van der Waals surface area contributed by atoms with Crippen LogP contribution in [0.25, 0.3) is 10.2 Å². The van der Waals surface area contributed by atoms with Crippen LogP contribution in [0.15, 0.2) is 36.4 Å². The van der Waals surface area contributed by atoms with Crippen molar-refractivity contribution in [1.82, 2.24) is 4.98 Å². The second-order valence-electron chi connectivity index (χ2n) is 4.98. The van der Waals surface area contributed by atoms with Gasteiger partial charge in [-0.15, -0.1) is 0 Å². The van der Waals surface area contributed by atoms with Gasteiger partial charge in [0.25, 0.3) is 0 Å². The van der Waals surface area contributed by atoms with Crippen molar-refractivity contribution < 1.29 is 9.18 Å². The summed E-state index contributed by atoms with van der Waals surface area (Å²) in [5.41, 5.74) is 3.42. The fraction of sp³-hybridized carbons (Fsp3) is 0.125. The zero-order chi connectivity index (χ0) is 15.7. The van der Waals surface area contributed by atoms with Crippen LogP contribution in [0.1, 0.15) is 11.1 Å². The highest BCUT2D eigenvalue weighted by Gasteiger charge is 2.10. The average molecular weight is 315 g/mol. The Bertz CT molecular complexity index is 839. The Labute approximate surface area is 131 Å². The molecule has 1 aromatic heterocycles. The molecular formula is C16H14FN3OS. The van der Waals surface area contributed by atoms with Crippen molar-refractivity contribution in [1.29, 1.82) is 0 Å². The quantitative estimate of drug-likeness (QED) is 0.720. The van der Waals surface area contributed by atoms with E-state index in [4.69, 9.17) is 0 Å². The number of para-hydroxylation sites is 1. The van der Waals surface area contributed by atoms with Crippen molar-refractivity contribution in [2.24, 2.45) is 0 Å². The molecule has 0 saturated heterocycles. The molecule has 0 radical (unpaired) electrons. The van der Waals surface area contributed by atoms with Gasteiger partial charge in [0.15, 0.2) is 5.13 Å². The molecule has 112 valence electrons. The highest BCUT2D eigenvalue weighted by Crippen LogP contribution is 2.27. The molecule has 0 spiro atoms. The SMILES string of the molecule is Cc1cccc(C)c1NC(=O)Nc1nc2ccc(F)cc2s1. The number of nitrogens with zero attached hydrogens (tertiary/aromatic N) is 1.